The first-order valence-electron chi connectivity index (χ1n) is 5.74. The second kappa shape index (κ2) is 7.40. The number of aryl methyl sites for hydroxylation is 1. The molecule has 1 atom stereocenters. The molecule has 0 heterocycles. The smallest absolute Gasteiger partial charge is 0.326 e. The van der Waals surface area contributed by atoms with Crippen molar-refractivity contribution < 1.29 is 14.7 Å². The van der Waals surface area contributed by atoms with E-state index in [1.165, 1.54) is 0 Å². The molecule has 1 amide bonds. The summed E-state index contributed by atoms with van der Waals surface area (Å²) in [5.41, 5.74) is 1.20. The molecule has 0 spiro atoms. The average Bonchev–Trinajstić information content (AvgIpc) is 2.37. The molecule has 0 radical (unpaired) electrons. The van der Waals surface area contributed by atoms with E-state index in [0.717, 1.165) is 5.56 Å². The van der Waals surface area contributed by atoms with Gasteiger partial charge in [0.2, 0.25) is 0 Å². The molecule has 6 heteroatoms. The van der Waals surface area contributed by atoms with Gasteiger partial charge in [0.05, 0.1) is 0 Å². The Hall–Kier alpha value is -1.20. The van der Waals surface area contributed by atoms with Crippen LogP contribution in [0.3, 0.4) is 0 Å². The summed E-state index contributed by atoms with van der Waals surface area (Å²) in [5.74, 6) is -0.738. The summed E-state index contributed by atoms with van der Waals surface area (Å²) >= 11 is 7.42. The molecule has 0 aromatic heterocycles. The second-order valence-corrected chi connectivity index (χ2v) is 5.50. The van der Waals surface area contributed by atoms with Crippen LogP contribution in [0.5, 0.6) is 0 Å². The minimum Gasteiger partial charge on any atom is -0.480 e. The maximum absolute atomic E-state index is 12.0. The van der Waals surface area contributed by atoms with E-state index >= 15 is 0 Å². The normalized spacial score (nSPS) is 11.9. The molecule has 0 bridgehead atoms. The predicted octanol–water partition coefficient (Wildman–Crippen LogP) is 2.58. The van der Waals surface area contributed by atoms with E-state index in [1.54, 1.807) is 36.9 Å². The van der Waals surface area contributed by atoms with Gasteiger partial charge in [-0.1, -0.05) is 11.6 Å². The fraction of sp³-hybridized carbons (Fsp3) is 0.385. The number of carboxylic acid groups (broad SMARTS) is 1. The van der Waals surface area contributed by atoms with Gasteiger partial charge in [-0.25, -0.2) is 4.79 Å². The van der Waals surface area contributed by atoms with Crippen molar-refractivity contribution in [2.24, 2.45) is 0 Å². The molecule has 1 aromatic carbocycles. The third-order valence-electron chi connectivity index (χ3n) is 2.63. The molecule has 19 heavy (non-hydrogen) atoms. The quantitative estimate of drug-likeness (QED) is 0.847. The number of carboxylic acids is 1. The highest BCUT2D eigenvalue weighted by Gasteiger charge is 2.20. The Bertz CT molecular complexity index is 479. The van der Waals surface area contributed by atoms with Crippen molar-refractivity contribution in [2.75, 3.05) is 12.0 Å². The van der Waals surface area contributed by atoms with Crippen LogP contribution in [-0.2, 0) is 4.79 Å². The van der Waals surface area contributed by atoms with Crippen molar-refractivity contribution in [1.82, 2.24) is 5.32 Å². The molecule has 0 saturated carbocycles. The lowest BCUT2D eigenvalue weighted by Crippen LogP contribution is -2.41. The molecule has 0 fully saturated rings. The first kappa shape index (κ1) is 15.9. The number of benzene rings is 1. The van der Waals surface area contributed by atoms with Crippen molar-refractivity contribution in [3.8, 4) is 0 Å². The molecular weight excluding hydrogens is 286 g/mol. The van der Waals surface area contributed by atoms with E-state index in [0.29, 0.717) is 22.8 Å². The first-order valence-corrected chi connectivity index (χ1v) is 7.51. The Kier molecular flexibility index (Phi) is 6.18. The number of carbonyl (C=O) groups excluding carboxylic acids is 1. The zero-order valence-corrected chi connectivity index (χ0v) is 12.3. The standard InChI is InChI=1S/C13H16ClNO3S/c1-8-7-9(3-4-10(8)14)12(16)15-11(13(17)18)5-6-19-2/h3-4,7,11H,5-6H2,1-2H3,(H,15,16)(H,17,18)/t11-/m1/s1. The lowest BCUT2D eigenvalue weighted by Gasteiger charge is -2.14. The van der Waals surface area contributed by atoms with Gasteiger partial charge in [-0.05, 0) is 49.1 Å². The molecule has 104 valence electrons. The van der Waals surface area contributed by atoms with Gasteiger partial charge in [-0.3, -0.25) is 4.79 Å². The third kappa shape index (κ3) is 4.76. The number of rotatable bonds is 6. The van der Waals surface area contributed by atoms with Crippen molar-refractivity contribution in [2.45, 2.75) is 19.4 Å². The van der Waals surface area contributed by atoms with E-state index in [-0.39, 0.29) is 0 Å². The summed E-state index contributed by atoms with van der Waals surface area (Å²) in [6.45, 7) is 1.79. The van der Waals surface area contributed by atoms with Gasteiger partial charge in [0.1, 0.15) is 6.04 Å². The van der Waals surface area contributed by atoms with Crippen LogP contribution in [0, 0.1) is 6.92 Å². The predicted molar refractivity (Wildman–Crippen MR) is 78.1 cm³/mol. The third-order valence-corrected chi connectivity index (χ3v) is 3.70. The largest absolute Gasteiger partial charge is 0.480 e. The van der Waals surface area contributed by atoms with Crippen molar-refractivity contribution in [1.29, 1.82) is 0 Å². The monoisotopic (exact) mass is 301 g/mol. The minimum absolute atomic E-state index is 0.395. The Balaban J connectivity index is 2.75. The highest BCUT2D eigenvalue weighted by molar-refractivity contribution is 7.98. The summed E-state index contributed by atoms with van der Waals surface area (Å²) in [6.07, 6.45) is 2.29. The summed E-state index contributed by atoms with van der Waals surface area (Å²) in [6, 6.07) is 3.99. The van der Waals surface area contributed by atoms with Crippen LogP contribution in [0.15, 0.2) is 18.2 Å². The molecule has 4 nitrogen and oxygen atoms in total. The van der Waals surface area contributed by atoms with Crippen LogP contribution >= 0.6 is 23.4 Å². The molecule has 1 rings (SSSR count). The van der Waals surface area contributed by atoms with Crippen LogP contribution in [0.4, 0.5) is 0 Å². The molecular formula is C13H16ClNO3S. The Labute approximate surface area is 121 Å². The maximum atomic E-state index is 12.0. The SMILES string of the molecule is CSCC[C@@H](NC(=O)c1ccc(Cl)c(C)c1)C(=O)O. The van der Waals surface area contributed by atoms with Crippen LogP contribution < -0.4 is 5.32 Å². The molecule has 0 aliphatic rings. The number of carbonyl (C=O) groups is 2. The van der Waals surface area contributed by atoms with Gasteiger partial charge in [0, 0.05) is 10.6 Å². The fourth-order valence-corrected chi connectivity index (χ4v) is 2.11. The average molecular weight is 302 g/mol. The highest BCUT2D eigenvalue weighted by atomic mass is 35.5. The van der Waals surface area contributed by atoms with Gasteiger partial charge < -0.3 is 10.4 Å². The number of halogens is 1. The van der Waals surface area contributed by atoms with Crippen LogP contribution in [0.25, 0.3) is 0 Å². The molecule has 2 N–H and O–H groups in total. The minimum atomic E-state index is -1.02. The van der Waals surface area contributed by atoms with Crippen LogP contribution in [-0.4, -0.2) is 35.0 Å². The van der Waals surface area contributed by atoms with Gasteiger partial charge in [0.15, 0.2) is 0 Å². The molecule has 0 saturated heterocycles. The van der Waals surface area contributed by atoms with Crippen molar-refractivity contribution >= 4 is 35.2 Å². The number of hydrogen-bond donors (Lipinski definition) is 2. The topological polar surface area (TPSA) is 66.4 Å². The first-order chi connectivity index (χ1) is 8.95. The van der Waals surface area contributed by atoms with Gasteiger partial charge >= 0.3 is 5.97 Å². The zero-order valence-electron chi connectivity index (χ0n) is 10.8. The Morgan fingerprint density at radius 1 is 1.47 bits per heavy atom. The summed E-state index contributed by atoms with van der Waals surface area (Å²) in [4.78, 5) is 23.0. The fourth-order valence-electron chi connectivity index (χ4n) is 1.52. The highest BCUT2D eigenvalue weighted by Crippen LogP contribution is 2.16. The number of hydrogen-bond acceptors (Lipinski definition) is 3. The van der Waals surface area contributed by atoms with Gasteiger partial charge in [0.25, 0.3) is 5.91 Å². The van der Waals surface area contributed by atoms with E-state index in [4.69, 9.17) is 16.7 Å². The van der Waals surface area contributed by atoms with Crippen LogP contribution in [0.2, 0.25) is 5.02 Å². The number of amides is 1. The van der Waals surface area contributed by atoms with Gasteiger partial charge in [-0.2, -0.15) is 11.8 Å². The lowest BCUT2D eigenvalue weighted by molar-refractivity contribution is -0.139. The second-order valence-electron chi connectivity index (χ2n) is 4.11. The van der Waals surface area contributed by atoms with E-state index in [1.807, 2.05) is 6.26 Å². The number of nitrogens with one attached hydrogen (secondary N) is 1. The van der Waals surface area contributed by atoms with E-state index < -0.39 is 17.9 Å². The molecule has 0 aliphatic heterocycles. The number of aliphatic carboxylic acids is 1. The van der Waals surface area contributed by atoms with Crippen molar-refractivity contribution in [3.05, 3.63) is 34.3 Å². The van der Waals surface area contributed by atoms with E-state index in [9.17, 15) is 9.59 Å². The Morgan fingerprint density at radius 2 is 2.16 bits per heavy atom. The van der Waals surface area contributed by atoms with Crippen molar-refractivity contribution in [3.63, 3.8) is 0 Å². The number of thioether (sulfide) groups is 1. The summed E-state index contributed by atoms with van der Waals surface area (Å²) in [7, 11) is 0. The molecule has 0 aliphatic carbocycles. The summed E-state index contributed by atoms with van der Waals surface area (Å²) < 4.78 is 0. The lowest BCUT2D eigenvalue weighted by atomic mass is 10.1. The zero-order chi connectivity index (χ0) is 14.4. The summed E-state index contributed by atoms with van der Waals surface area (Å²) in [5, 5.41) is 12.1. The van der Waals surface area contributed by atoms with E-state index in [2.05, 4.69) is 5.32 Å². The molecule has 0 unspecified atom stereocenters. The molecule has 1 aromatic rings. The van der Waals surface area contributed by atoms with Gasteiger partial charge in [-0.15, -0.1) is 0 Å². The maximum Gasteiger partial charge on any atom is 0.326 e. The van der Waals surface area contributed by atoms with Crippen LogP contribution in [0.1, 0.15) is 22.3 Å². The Morgan fingerprint density at radius 3 is 2.68 bits per heavy atom.